The van der Waals surface area contributed by atoms with E-state index in [0.717, 1.165) is 21.5 Å². The smallest absolute Gasteiger partial charge is 0.0302 e. The number of hydrogen-bond donors (Lipinski definition) is 0. The maximum atomic E-state index is 3.71. The fourth-order valence-corrected chi connectivity index (χ4v) is 3.36. The molecule has 2 rings (SSSR count). The standard InChI is InChI=1S/C7H10Br2/c8-6-2-1-4-3-5(4)7(6)9/h4-7H,1-3H2. The van der Waals surface area contributed by atoms with E-state index in [1.54, 1.807) is 0 Å². The molecule has 0 aromatic heterocycles. The summed E-state index contributed by atoms with van der Waals surface area (Å²) in [6, 6.07) is 0. The molecule has 2 aliphatic rings. The van der Waals surface area contributed by atoms with E-state index in [1.165, 1.54) is 19.3 Å². The highest BCUT2D eigenvalue weighted by Crippen LogP contribution is 2.53. The van der Waals surface area contributed by atoms with Crippen LogP contribution in [0, 0.1) is 11.8 Å². The molecule has 0 radical (unpaired) electrons. The lowest BCUT2D eigenvalue weighted by molar-refractivity contribution is 0.512. The summed E-state index contributed by atoms with van der Waals surface area (Å²) in [5.74, 6) is 2.10. The summed E-state index contributed by atoms with van der Waals surface area (Å²) in [4.78, 5) is 1.53. The second-order valence-electron chi connectivity index (χ2n) is 3.20. The molecule has 52 valence electrons. The first kappa shape index (κ1) is 6.66. The second-order valence-corrected chi connectivity index (χ2v) is 5.43. The highest BCUT2D eigenvalue weighted by molar-refractivity contribution is 9.12. The van der Waals surface area contributed by atoms with Crippen molar-refractivity contribution in [1.29, 1.82) is 0 Å². The predicted molar refractivity (Wildman–Crippen MR) is 46.3 cm³/mol. The van der Waals surface area contributed by atoms with Crippen LogP contribution in [0.2, 0.25) is 0 Å². The lowest BCUT2D eigenvalue weighted by atomic mass is 10.0. The van der Waals surface area contributed by atoms with Crippen LogP contribution in [0.5, 0.6) is 0 Å². The summed E-state index contributed by atoms with van der Waals surface area (Å²) >= 11 is 7.39. The third-order valence-corrected chi connectivity index (χ3v) is 5.60. The van der Waals surface area contributed by atoms with Gasteiger partial charge in [-0.25, -0.2) is 0 Å². The molecule has 0 amide bonds. The molecule has 2 fully saturated rings. The van der Waals surface area contributed by atoms with E-state index in [2.05, 4.69) is 31.9 Å². The van der Waals surface area contributed by atoms with Gasteiger partial charge < -0.3 is 0 Å². The molecule has 4 atom stereocenters. The number of fused-ring (bicyclic) bond motifs is 1. The molecule has 0 bridgehead atoms. The first-order valence-corrected chi connectivity index (χ1v) is 5.40. The lowest BCUT2D eigenvalue weighted by Gasteiger charge is -2.21. The average Bonchev–Trinajstić information content (AvgIpc) is 2.58. The van der Waals surface area contributed by atoms with Crippen LogP contribution in [0.25, 0.3) is 0 Å². The normalized spacial score (nSPS) is 56.7. The van der Waals surface area contributed by atoms with Crippen molar-refractivity contribution in [2.24, 2.45) is 11.8 Å². The molecular formula is C7H10Br2. The van der Waals surface area contributed by atoms with Crippen molar-refractivity contribution < 1.29 is 0 Å². The third kappa shape index (κ3) is 1.09. The van der Waals surface area contributed by atoms with Gasteiger partial charge in [0.1, 0.15) is 0 Å². The number of halogens is 2. The Bertz CT molecular complexity index is 122. The van der Waals surface area contributed by atoms with Crippen molar-refractivity contribution in [1.82, 2.24) is 0 Å². The van der Waals surface area contributed by atoms with Gasteiger partial charge in [0.05, 0.1) is 0 Å². The Balaban J connectivity index is 2.02. The van der Waals surface area contributed by atoms with Crippen LogP contribution in [-0.4, -0.2) is 9.65 Å². The highest BCUT2D eigenvalue weighted by Gasteiger charge is 2.47. The van der Waals surface area contributed by atoms with Gasteiger partial charge in [-0.2, -0.15) is 0 Å². The van der Waals surface area contributed by atoms with Gasteiger partial charge in [0.2, 0.25) is 0 Å². The fraction of sp³-hybridized carbons (Fsp3) is 1.00. The van der Waals surface area contributed by atoms with Crippen LogP contribution in [-0.2, 0) is 0 Å². The molecule has 0 heterocycles. The Morgan fingerprint density at radius 3 is 2.56 bits per heavy atom. The van der Waals surface area contributed by atoms with Crippen molar-refractivity contribution >= 4 is 31.9 Å². The second kappa shape index (κ2) is 2.23. The topological polar surface area (TPSA) is 0 Å². The number of rotatable bonds is 0. The molecule has 4 unspecified atom stereocenters. The zero-order valence-corrected chi connectivity index (χ0v) is 8.36. The molecule has 0 aromatic carbocycles. The molecule has 2 aliphatic carbocycles. The van der Waals surface area contributed by atoms with Crippen molar-refractivity contribution in [3.05, 3.63) is 0 Å². The molecule has 0 N–H and O–H groups in total. The Kier molecular flexibility index (Phi) is 1.65. The van der Waals surface area contributed by atoms with E-state index >= 15 is 0 Å². The summed E-state index contributed by atoms with van der Waals surface area (Å²) in [5.41, 5.74) is 0. The third-order valence-electron chi connectivity index (χ3n) is 2.55. The van der Waals surface area contributed by atoms with Crippen LogP contribution in [0.1, 0.15) is 19.3 Å². The average molecular weight is 254 g/mol. The van der Waals surface area contributed by atoms with Crippen LogP contribution >= 0.6 is 31.9 Å². The van der Waals surface area contributed by atoms with Gasteiger partial charge >= 0.3 is 0 Å². The van der Waals surface area contributed by atoms with Crippen molar-refractivity contribution in [3.63, 3.8) is 0 Å². The predicted octanol–water partition coefficient (Wildman–Crippen LogP) is 2.94. The van der Waals surface area contributed by atoms with Crippen molar-refractivity contribution in [2.45, 2.75) is 28.9 Å². The van der Waals surface area contributed by atoms with Gasteiger partial charge in [-0.1, -0.05) is 31.9 Å². The summed E-state index contributed by atoms with van der Waals surface area (Å²) in [6.45, 7) is 0. The van der Waals surface area contributed by atoms with E-state index in [-0.39, 0.29) is 0 Å². The summed E-state index contributed by atoms with van der Waals surface area (Å²) in [7, 11) is 0. The first-order chi connectivity index (χ1) is 4.29. The zero-order valence-electron chi connectivity index (χ0n) is 5.19. The van der Waals surface area contributed by atoms with E-state index in [4.69, 9.17) is 0 Å². The summed E-state index contributed by atoms with van der Waals surface area (Å²) in [5, 5.41) is 0. The quantitative estimate of drug-likeness (QED) is 0.583. The Morgan fingerprint density at radius 2 is 1.89 bits per heavy atom. The molecular weight excluding hydrogens is 244 g/mol. The molecule has 2 saturated carbocycles. The van der Waals surface area contributed by atoms with Gasteiger partial charge in [-0.3, -0.25) is 0 Å². The van der Waals surface area contributed by atoms with E-state index in [9.17, 15) is 0 Å². The Morgan fingerprint density at radius 1 is 1.11 bits per heavy atom. The largest absolute Gasteiger partial charge is 0.0878 e. The van der Waals surface area contributed by atoms with Crippen LogP contribution in [0.15, 0.2) is 0 Å². The minimum atomic E-state index is 0.751. The van der Waals surface area contributed by atoms with Gasteiger partial charge in [0.15, 0.2) is 0 Å². The maximum absolute atomic E-state index is 3.71. The van der Waals surface area contributed by atoms with Crippen LogP contribution < -0.4 is 0 Å². The number of hydrogen-bond acceptors (Lipinski definition) is 0. The van der Waals surface area contributed by atoms with Gasteiger partial charge in [0.25, 0.3) is 0 Å². The van der Waals surface area contributed by atoms with Crippen molar-refractivity contribution in [3.8, 4) is 0 Å². The highest BCUT2D eigenvalue weighted by atomic mass is 79.9. The Hall–Kier alpha value is 0.960. The summed E-state index contributed by atoms with van der Waals surface area (Å²) in [6.07, 6.45) is 4.32. The van der Waals surface area contributed by atoms with E-state index in [0.29, 0.717) is 0 Å². The lowest BCUT2D eigenvalue weighted by Crippen LogP contribution is -2.21. The molecule has 0 aromatic rings. The van der Waals surface area contributed by atoms with Crippen LogP contribution in [0.4, 0.5) is 0 Å². The van der Waals surface area contributed by atoms with E-state index in [1.807, 2.05) is 0 Å². The number of alkyl halides is 2. The van der Waals surface area contributed by atoms with E-state index < -0.39 is 0 Å². The molecule has 9 heavy (non-hydrogen) atoms. The Labute approximate surface area is 72.7 Å². The van der Waals surface area contributed by atoms with Crippen molar-refractivity contribution in [2.75, 3.05) is 0 Å². The fourth-order valence-electron chi connectivity index (χ4n) is 1.79. The first-order valence-electron chi connectivity index (χ1n) is 3.57. The summed E-state index contributed by atoms with van der Waals surface area (Å²) < 4.78 is 0. The van der Waals surface area contributed by atoms with Gasteiger partial charge in [0, 0.05) is 9.65 Å². The molecule has 0 saturated heterocycles. The molecule has 0 nitrogen and oxygen atoms in total. The SMILES string of the molecule is BrC1CCC2CC2C1Br. The monoisotopic (exact) mass is 252 g/mol. The minimum Gasteiger partial charge on any atom is -0.0878 e. The van der Waals surface area contributed by atoms with Gasteiger partial charge in [-0.05, 0) is 31.1 Å². The maximum Gasteiger partial charge on any atom is 0.0302 e. The molecule has 0 spiro atoms. The minimum absolute atomic E-state index is 0.751. The van der Waals surface area contributed by atoms with Gasteiger partial charge in [-0.15, -0.1) is 0 Å². The zero-order chi connectivity index (χ0) is 6.43. The van der Waals surface area contributed by atoms with Crippen LogP contribution in [0.3, 0.4) is 0 Å². The molecule has 2 heteroatoms. The molecule has 0 aliphatic heterocycles.